The fourth-order valence-electron chi connectivity index (χ4n) is 3.00. The van der Waals surface area contributed by atoms with Crippen molar-refractivity contribution < 1.29 is 13.9 Å². The number of ether oxygens (including phenoxy) is 2. The van der Waals surface area contributed by atoms with E-state index in [9.17, 15) is 4.79 Å². The van der Waals surface area contributed by atoms with Gasteiger partial charge in [0.05, 0.1) is 35.1 Å². The molecule has 0 saturated heterocycles. The lowest BCUT2D eigenvalue weighted by molar-refractivity contribution is 0.284. The van der Waals surface area contributed by atoms with E-state index in [0.29, 0.717) is 50.5 Å². The van der Waals surface area contributed by atoms with Crippen LogP contribution in [0.4, 0.5) is 11.4 Å². The molecule has 1 aromatic carbocycles. The number of pyridine rings is 1. The molecule has 2 N–H and O–H groups in total. The van der Waals surface area contributed by atoms with E-state index in [1.165, 1.54) is 25.6 Å². The summed E-state index contributed by atoms with van der Waals surface area (Å²) < 4.78 is 16.9. The molecule has 0 aliphatic heterocycles. The lowest BCUT2D eigenvalue weighted by Gasteiger charge is -2.15. The smallest absolute Gasteiger partial charge is 0.338 e. The maximum atomic E-state index is 12.3. The number of benzene rings is 1. The minimum absolute atomic E-state index is 0.292. The Bertz CT molecular complexity index is 1050. The summed E-state index contributed by atoms with van der Waals surface area (Å²) >= 11 is 12.4. The Morgan fingerprint density at radius 3 is 2.60 bits per heavy atom. The van der Waals surface area contributed by atoms with Gasteiger partial charge in [0.1, 0.15) is 0 Å². The number of nitrogens with zero attached hydrogens (tertiary/aromatic N) is 1. The van der Waals surface area contributed by atoms with Crippen LogP contribution in [-0.4, -0.2) is 32.3 Å². The van der Waals surface area contributed by atoms with E-state index in [2.05, 4.69) is 15.6 Å². The third-order valence-electron chi connectivity index (χ3n) is 4.48. The maximum Gasteiger partial charge on any atom is 0.338 e. The highest BCUT2D eigenvalue weighted by atomic mass is 35.5. The van der Waals surface area contributed by atoms with E-state index in [-0.39, 0.29) is 0 Å². The summed E-state index contributed by atoms with van der Waals surface area (Å²) in [7, 11) is 3.47. The largest absolute Gasteiger partial charge is 0.493 e. The van der Waals surface area contributed by atoms with E-state index in [1.807, 2.05) is 7.05 Å². The summed E-state index contributed by atoms with van der Waals surface area (Å²) in [5, 5.41) is 7.52. The molecule has 0 spiro atoms. The minimum atomic E-state index is -0.543. The second kappa shape index (κ2) is 10.5. The molecule has 3 rings (SSSR count). The molecule has 2 heterocycles. The summed E-state index contributed by atoms with van der Waals surface area (Å²) in [5.74, 6) is 0.870. The van der Waals surface area contributed by atoms with Gasteiger partial charge in [0.2, 0.25) is 5.75 Å². The Labute approximate surface area is 184 Å². The molecule has 3 aromatic rings. The van der Waals surface area contributed by atoms with Crippen molar-refractivity contribution in [3.8, 4) is 11.5 Å². The maximum absolute atomic E-state index is 12.3. The number of anilines is 2. The summed E-state index contributed by atoms with van der Waals surface area (Å²) in [6.07, 6.45) is 5.88. The molecule has 7 nitrogen and oxygen atoms in total. The van der Waals surface area contributed by atoms with Gasteiger partial charge in [-0.15, -0.1) is 0 Å². The Kier molecular flexibility index (Phi) is 7.79. The number of nitrogens with one attached hydrogen (secondary N) is 2. The van der Waals surface area contributed by atoms with Crippen molar-refractivity contribution in [2.24, 2.45) is 0 Å². The highest BCUT2D eigenvalue weighted by Crippen LogP contribution is 2.40. The van der Waals surface area contributed by atoms with Crippen LogP contribution in [0.25, 0.3) is 11.0 Å². The van der Waals surface area contributed by atoms with Crippen LogP contribution < -0.4 is 25.7 Å². The lowest BCUT2D eigenvalue weighted by atomic mass is 10.1. The van der Waals surface area contributed by atoms with Crippen LogP contribution in [0.2, 0.25) is 10.0 Å². The van der Waals surface area contributed by atoms with Gasteiger partial charge >= 0.3 is 5.63 Å². The molecule has 0 radical (unpaired) electrons. The molecule has 9 heteroatoms. The van der Waals surface area contributed by atoms with Gasteiger partial charge in [-0.05, 0) is 45.0 Å². The lowest BCUT2D eigenvalue weighted by Crippen LogP contribution is -2.08. The van der Waals surface area contributed by atoms with Crippen molar-refractivity contribution >= 4 is 45.5 Å². The van der Waals surface area contributed by atoms with Gasteiger partial charge < -0.3 is 24.5 Å². The van der Waals surface area contributed by atoms with Gasteiger partial charge in [-0.3, -0.25) is 4.98 Å². The van der Waals surface area contributed by atoms with E-state index < -0.39 is 5.63 Å². The zero-order chi connectivity index (χ0) is 21.5. The Hall–Kier alpha value is -2.48. The molecule has 0 atom stereocenters. The molecule has 0 saturated carbocycles. The van der Waals surface area contributed by atoms with Gasteiger partial charge in [-0.25, -0.2) is 4.79 Å². The van der Waals surface area contributed by atoms with E-state index in [1.54, 1.807) is 12.1 Å². The van der Waals surface area contributed by atoms with Crippen LogP contribution in [0, 0.1) is 0 Å². The third kappa shape index (κ3) is 5.16. The van der Waals surface area contributed by atoms with Crippen molar-refractivity contribution in [1.82, 2.24) is 10.3 Å². The van der Waals surface area contributed by atoms with Crippen LogP contribution in [0.15, 0.2) is 39.8 Å². The number of rotatable bonds is 10. The zero-order valence-corrected chi connectivity index (χ0v) is 18.3. The standard InChI is InChI=1S/C21H23Cl2N3O4/c1-24-8-4-3-5-9-29-21-17(28-2)7-6-13-16(10-18(27)30-20(13)21)26-19-14(22)11-25-12-15(19)23/h6-7,10-12,24H,3-5,8-9H2,1-2H3,(H,25,26). The zero-order valence-electron chi connectivity index (χ0n) is 16.8. The number of methoxy groups -OCH3 is 1. The number of hydrogen-bond donors (Lipinski definition) is 2. The van der Waals surface area contributed by atoms with Crippen LogP contribution in [0.1, 0.15) is 19.3 Å². The first-order valence-electron chi connectivity index (χ1n) is 9.53. The monoisotopic (exact) mass is 451 g/mol. The van der Waals surface area contributed by atoms with Gasteiger partial charge in [-0.1, -0.05) is 23.2 Å². The quantitative estimate of drug-likeness (QED) is 0.330. The molecule has 160 valence electrons. The second-order valence-electron chi connectivity index (χ2n) is 6.57. The fourth-order valence-corrected chi connectivity index (χ4v) is 3.46. The summed E-state index contributed by atoms with van der Waals surface area (Å²) in [6.45, 7) is 1.43. The normalized spacial score (nSPS) is 10.9. The van der Waals surface area contributed by atoms with Crippen LogP contribution in [-0.2, 0) is 0 Å². The Morgan fingerprint density at radius 1 is 1.13 bits per heavy atom. The number of halogens is 2. The molecular weight excluding hydrogens is 429 g/mol. The number of hydrogen-bond acceptors (Lipinski definition) is 7. The predicted molar refractivity (Wildman–Crippen MR) is 120 cm³/mol. The molecular formula is C21H23Cl2N3O4. The number of aromatic nitrogens is 1. The fraction of sp³-hybridized carbons (Fsp3) is 0.333. The summed E-state index contributed by atoms with van der Waals surface area (Å²) in [6, 6.07) is 4.88. The van der Waals surface area contributed by atoms with Gasteiger partial charge in [0.25, 0.3) is 0 Å². The Balaban J connectivity index is 1.96. The van der Waals surface area contributed by atoms with Crippen LogP contribution in [0.3, 0.4) is 0 Å². The van der Waals surface area contributed by atoms with Crippen molar-refractivity contribution in [2.45, 2.75) is 19.3 Å². The number of fused-ring (bicyclic) bond motifs is 1. The SMILES string of the molecule is CNCCCCCOc1c(OC)ccc2c(Nc3c(Cl)cncc3Cl)cc(=O)oc12. The van der Waals surface area contributed by atoms with Crippen molar-refractivity contribution in [3.05, 3.63) is 51.1 Å². The second-order valence-corrected chi connectivity index (χ2v) is 7.38. The third-order valence-corrected chi connectivity index (χ3v) is 5.05. The van der Waals surface area contributed by atoms with Gasteiger partial charge in [-0.2, -0.15) is 0 Å². The predicted octanol–water partition coefficient (Wildman–Crippen LogP) is 5.02. The average Bonchev–Trinajstić information content (AvgIpc) is 2.73. The topological polar surface area (TPSA) is 85.6 Å². The van der Waals surface area contributed by atoms with E-state index in [0.717, 1.165) is 25.8 Å². The summed E-state index contributed by atoms with van der Waals surface area (Å²) in [5.41, 5.74) is 0.681. The van der Waals surface area contributed by atoms with Crippen LogP contribution in [0.5, 0.6) is 11.5 Å². The molecule has 0 aliphatic rings. The van der Waals surface area contributed by atoms with E-state index >= 15 is 0 Å². The van der Waals surface area contributed by atoms with Crippen molar-refractivity contribution in [2.75, 3.05) is 32.6 Å². The van der Waals surface area contributed by atoms with Crippen molar-refractivity contribution in [1.29, 1.82) is 0 Å². The van der Waals surface area contributed by atoms with E-state index in [4.69, 9.17) is 37.1 Å². The summed E-state index contributed by atoms with van der Waals surface area (Å²) in [4.78, 5) is 16.2. The molecule has 0 amide bonds. The van der Waals surface area contributed by atoms with Crippen LogP contribution >= 0.6 is 23.2 Å². The minimum Gasteiger partial charge on any atom is -0.493 e. The highest BCUT2D eigenvalue weighted by molar-refractivity contribution is 6.39. The highest BCUT2D eigenvalue weighted by Gasteiger charge is 2.17. The first kappa shape index (κ1) is 22.2. The molecule has 30 heavy (non-hydrogen) atoms. The number of unbranched alkanes of at least 4 members (excludes halogenated alkanes) is 2. The Morgan fingerprint density at radius 2 is 1.90 bits per heavy atom. The molecule has 0 bridgehead atoms. The first-order chi connectivity index (χ1) is 14.5. The molecule has 2 aromatic heterocycles. The first-order valence-corrected chi connectivity index (χ1v) is 10.3. The molecule has 0 aliphatic carbocycles. The molecule has 0 unspecified atom stereocenters. The molecule has 0 fully saturated rings. The van der Waals surface area contributed by atoms with Gasteiger partial charge in [0.15, 0.2) is 11.3 Å². The van der Waals surface area contributed by atoms with Gasteiger partial charge in [0, 0.05) is 23.8 Å². The average molecular weight is 452 g/mol. The van der Waals surface area contributed by atoms with Crippen molar-refractivity contribution in [3.63, 3.8) is 0 Å².